The topological polar surface area (TPSA) is 529 Å². The molecule has 31 heteroatoms. The van der Waals surface area contributed by atoms with E-state index in [1.807, 2.05) is 19.2 Å². The lowest BCUT2D eigenvalue weighted by Gasteiger charge is -2.29. The van der Waals surface area contributed by atoms with Crippen LogP contribution < -0.4 is 70.8 Å². The zero-order valence-corrected chi connectivity index (χ0v) is 46.7. The van der Waals surface area contributed by atoms with Crippen LogP contribution in [0.2, 0.25) is 0 Å². The van der Waals surface area contributed by atoms with E-state index in [0.717, 1.165) is 6.92 Å². The average molecular weight is 1160 g/mol. The maximum absolute atomic E-state index is 14.3. The Morgan fingerprint density at radius 3 is 1.60 bits per heavy atom. The second-order valence-electron chi connectivity index (χ2n) is 20.3. The van der Waals surface area contributed by atoms with Crippen molar-refractivity contribution in [3.8, 4) is 0 Å². The summed E-state index contributed by atoms with van der Waals surface area (Å²) in [6.45, 7) is 5.22. The lowest BCUT2D eigenvalue weighted by atomic mass is 9.99. The fourth-order valence-electron chi connectivity index (χ4n) is 8.16. The molecular weight excluding hydrogens is 1080 g/mol. The van der Waals surface area contributed by atoms with Crippen LogP contribution in [0.4, 0.5) is 0 Å². The largest absolute Gasteiger partial charge is 0.481 e. The van der Waals surface area contributed by atoms with E-state index in [4.69, 9.17) is 28.0 Å². The number of unbranched alkanes of at least 4 members (excludes halogenated alkanes) is 1. The third-order valence-electron chi connectivity index (χ3n) is 12.6. The number of carboxylic acids is 2. The van der Waals surface area contributed by atoms with E-state index >= 15 is 0 Å². The van der Waals surface area contributed by atoms with Gasteiger partial charge in [0.05, 0.1) is 25.4 Å². The van der Waals surface area contributed by atoms with Gasteiger partial charge in [-0.1, -0.05) is 45.9 Å². The highest BCUT2D eigenvalue weighted by atomic mass is 16.4. The number of benzene rings is 1. The van der Waals surface area contributed by atoms with Crippen molar-refractivity contribution >= 4 is 82.0 Å². The molecule has 0 radical (unpaired) electrons. The smallest absolute Gasteiger partial charge is 0.322 e. The molecule has 23 N–H and O–H groups in total. The van der Waals surface area contributed by atoms with Crippen molar-refractivity contribution in [2.45, 2.75) is 153 Å². The van der Waals surface area contributed by atoms with E-state index < -0.39 is 164 Å². The van der Waals surface area contributed by atoms with Gasteiger partial charge in [0, 0.05) is 36.5 Å². The molecule has 31 nitrogen and oxygen atoms in total. The predicted molar refractivity (Wildman–Crippen MR) is 296 cm³/mol. The number of aromatic amines is 1. The fourth-order valence-corrected chi connectivity index (χ4v) is 8.16. The highest BCUT2D eigenvalue weighted by Crippen LogP contribution is 2.20. The number of hydrogen-bond donors (Lipinski definition) is 19. The summed E-state index contributed by atoms with van der Waals surface area (Å²) >= 11 is 0. The first-order valence-electron chi connectivity index (χ1n) is 26.7. The Bertz CT molecular complexity index is 2520. The van der Waals surface area contributed by atoms with Gasteiger partial charge in [-0.2, -0.15) is 0 Å². The summed E-state index contributed by atoms with van der Waals surface area (Å²) in [6, 6.07) is -6.98. The van der Waals surface area contributed by atoms with Gasteiger partial charge in [0.25, 0.3) is 0 Å². The summed E-state index contributed by atoms with van der Waals surface area (Å²) in [6.07, 6.45) is -1.17. The lowest BCUT2D eigenvalue weighted by molar-refractivity contribution is -0.139. The molecule has 0 aliphatic carbocycles. The quantitative estimate of drug-likeness (QED) is 0.0169. The van der Waals surface area contributed by atoms with Gasteiger partial charge in [-0.25, -0.2) is 0 Å². The predicted octanol–water partition coefficient (Wildman–Crippen LogP) is -5.77. The van der Waals surface area contributed by atoms with E-state index in [0.29, 0.717) is 29.3 Å². The summed E-state index contributed by atoms with van der Waals surface area (Å²) in [7, 11) is 0. The SMILES string of the molecule is CC(C)C[C@H](N)C(=O)N[C@H](C(=O)N[C@H](C(=O)N[C@@H](CCC(=O)O)C(=O)N[C@@H](CCCCN)C(=O)N[C@@H](CO)C(=O)N[C@@H](CCCN=C(N)N)C(=O)N[C@@H](Cc1c[nH]c2ccccc12)C(=O)N[C@@H](CO)C(=O)NCC(=O)O)[C@@H](C)O)C(C)C. The first kappa shape index (κ1) is 70.1. The van der Waals surface area contributed by atoms with Crippen LogP contribution in [0.15, 0.2) is 35.5 Å². The highest BCUT2D eigenvalue weighted by Gasteiger charge is 2.37. The third kappa shape index (κ3) is 24.4. The molecule has 9 amide bonds. The number of nitrogens with zero attached hydrogens (tertiary/aromatic N) is 1. The van der Waals surface area contributed by atoms with Crippen LogP contribution in [-0.4, -0.2) is 195 Å². The number of aliphatic hydroxyl groups excluding tert-OH is 3. The van der Waals surface area contributed by atoms with Gasteiger partial charge in [-0.15, -0.1) is 0 Å². The molecule has 10 atom stereocenters. The Balaban J connectivity index is 2.46. The number of H-pyrrole nitrogens is 1. The molecule has 0 fully saturated rings. The van der Waals surface area contributed by atoms with Crippen molar-refractivity contribution in [2.75, 3.05) is 32.8 Å². The second kappa shape index (κ2) is 35.7. The van der Waals surface area contributed by atoms with Gasteiger partial charge >= 0.3 is 11.9 Å². The number of aliphatic carboxylic acids is 2. The van der Waals surface area contributed by atoms with Crippen molar-refractivity contribution in [3.63, 3.8) is 0 Å². The summed E-state index contributed by atoms with van der Waals surface area (Å²) in [5.74, 6) is -12.7. The Kier molecular flexibility index (Phi) is 30.5. The van der Waals surface area contributed by atoms with Gasteiger partial charge in [0.1, 0.15) is 54.9 Å². The van der Waals surface area contributed by atoms with Crippen LogP contribution in [0.5, 0.6) is 0 Å². The number of aliphatic imine (C=N–C) groups is 1. The Labute approximate surface area is 473 Å². The Morgan fingerprint density at radius 1 is 0.585 bits per heavy atom. The molecule has 1 aromatic carbocycles. The van der Waals surface area contributed by atoms with Crippen molar-refractivity contribution in [2.24, 2.45) is 39.8 Å². The maximum Gasteiger partial charge on any atom is 0.322 e. The van der Waals surface area contributed by atoms with Gasteiger partial charge < -0.3 is 101 Å². The van der Waals surface area contributed by atoms with Crippen LogP contribution in [-0.2, 0) is 59.2 Å². The molecular formula is C51H83N15O16. The van der Waals surface area contributed by atoms with Gasteiger partial charge in [0.2, 0.25) is 53.2 Å². The van der Waals surface area contributed by atoms with Crippen LogP contribution >= 0.6 is 0 Å². The molecule has 0 spiro atoms. The van der Waals surface area contributed by atoms with Crippen LogP contribution in [0, 0.1) is 11.8 Å². The van der Waals surface area contributed by atoms with Crippen LogP contribution in [0.25, 0.3) is 10.9 Å². The molecule has 2 aromatic rings. The lowest BCUT2D eigenvalue weighted by Crippen LogP contribution is -2.62. The number of aliphatic hydroxyl groups is 3. The number of fused-ring (bicyclic) bond motifs is 1. The van der Waals surface area contributed by atoms with Crippen molar-refractivity contribution in [1.29, 1.82) is 0 Å². The van der Waals surface area contributed by atoms with Gasteiger partial charge in [-0.3, -0.25) is 57.7 Å². The summed E-state index contributed by atoms with van der Waals surface area (Å²) < 4.78 is 0. The minimum absolute atomic E-state index is 0.0195. The second-order valence-corrected chi connectivity index (χ2v) is 20.3. The number of nitrogens with one attached hydrogen (secondary N) is 10. The van der Waals surface area contributed by atoms with Crippen molar-refractivity contribution in [3.05, 3.63) is 36.0 Å². The fraction of sp³-hybridized carbons (Fsp3) is 0.608. The van der Waals surface area contributed by atoms with Crippen molar-refractivity contribution < 1.29 is 78.3 Å². The molecule has 0 aliphatic rings. The number of nitrogens with two attached hydrogens (primary N) is 4. The van der Waals surface area contributed by atoms with E-state index in [2.05, 4.69) is 52.5 Å². The van der Waals surface area contributed by atoms with Crippen molar-refractivity contribution in [1.82, 2.24) is 52.8 Å². The molecule has 458 valence electrons. The van der Waals surface area contributed by atoms with E-state index in [9.17, 15) is 73.2 Å². The molecule has 0 saturated carbocycles. The number of guanidine groups is 1. The monoisotopic (exact) mass is 1160 g/mol. The first-order valence-corrected chi connectivity index (χ1v) is 26.7. The Hall–Kier alpha value is -8.00. The number of hydrogen-bond acceptors (Lipinski definition) is 17. The number of rotatable bonds is 38. The van der Waals surface area contributed by atoms with Gasteiger partial charge in [0.15, 0.2) is 5.96 Å². The number of carbonyl (C=O) groups is 11. The minimum Gasteiger partial charge on any atom is -0.481 e. The minimum atomic E-state index is -1.85. The maximum atomic E-state index is 14.3. The summed E-state index contributed by atoms with van der Waals surface area (Å²) in [5, 5.41) is 71.7. The third-order valence-corrected chi connectivity index (χ3v) is 12.6. The highest BCUT2D eigenvalue weighted by molar-refractivity contribution is 5.99. The summed E-state index contributed by atoms with van der Waals surface area (Å²) in [5.41, 5.74) is 23.8. The zero-order valence-electron chi connectivity index (χ0n) is 46.7. The van der Waals surface area contributed by atoms with E-state index in [1.54, 1.807) is 44.3 Å². The number of carboxylic acid groups (broad SMARTS) is 2. The molecule has 0 unspecified atom stereocenters. The van der Waals surface area contributed by atoms with Crippen LogP contribution in [0.3, 0.4) is 0 Å². The van der Waals surface area contributed by atoms with Crippen LogP contribution in [0.1, 0.15) is 91.5 Å². The Morgan fingerprint density at radius 2 is 1.07 bits per heavy atom. The van der Waals surface area contributed by atoms with Gasteiger partial charge in [-0.05, 0) is 81.9 Å². The zero-order chi connectivity index (χ0) is 61.8. The standard InChI is InChI=1S/C51H83N15O16/c1-25(2)19-30(53)42(74)65-40(26(3)4)49(81)66-41(27(5)69)50(82)61-34(15-16-38(70)71)46(78)59-32(13-8-9-17-52)45(77)64-37(24-68)48(80)60-33(14-10-18-56-51(54)55)44(76)62-35(20-28-21-57-31-12-7-6-11-29(28)31)47(79)63-36(23-67)43(75)58-22-39(72)73/h6-7,11-12,21,25-27,30,32-37,40-41,57,67-69H,8-10,13-20,22-24,52-53H2,1-5H3,(H,58,75)(H,59,78)(H,60,80)(H,61,82)(H,62,76)(H,63,79)(H,64,77)(H,65,74)(H,66,81)(H,70,71)(H,72,73)(H4,54,55,56)/t27-,30+,32+,33+,34+,35+,36+,37+,40+,41+/m1/s1. The average Bonchev–Trinajstić information content (AvgIpc) is 3.97. The molecule has 0 saturated heterocycles. The van der Waals surface area contributed by atoms with E-state index in [-0.39, 0.29) is 57.1 Å². The molecule has 2 rings (SSSR count). The normalized spacial score (nSPS) is 14.9. The molecule has 1 aromatic heterocycles. The molecule has 0 bridgehead atoms. The number of carbonyl (C=O) groups excluding carboxylic acids is 9. The number of aromatic nitrogens is 1. The molecule has 82 heavy (non-hydrogen) atoms. The first-order chi connectivity index (χ1) is 38.6. The molecule has 1 heterocycles. The summed E-state index contributed by atoms with van der Waals surface area (Å²) in [4.78, 5) is 153. The number of para-hydroxylation sites is 1. The van der Waals surface area contributed by atoms with E-state index in [1.165, 1.54) is 0 Å². The number of amides is 9. The molecule has 0 aliphatic heterocycles.